The maximum Gasteiger partial charge on any atom is 0.221 e. The summed E-state index contributed by atoms with van der Waals surface area (Å²) in [6.07, 6.45) is 2.78. The summed E-state index contributed by atoms with van der Waals surface area (Å²) in [6.45, 7) is 1.86. The number of hydrogen-bond acceptors (Lipinski definition) is 3. The van der Waals surface area contributed by atoms with Crippen molar-refractivity contribution in [1.29, 1.82) is 0 Å². The van der Waals surface area contributed by atoms with E-state index in [0.29, 0.717) is 12.5 Å². The molecule has 0 spiro atoms. The van der Waals surface area contributed by atoms with Gasteiger partial charge in [-0.1, -0.05) is 0 Å². The molecule has 2 unspecified atom stereocenters. The van der Waals surface area contributed by atoms with Gasteiger partial charge in [-0.15, -0.1) is 0 Å². The van der Waals surface area contributed by atoms with Crippen LogP contribution in [0.25, 0.3) is 0 Å². The second-order valence-corrected chi connectivity index (χ2v) is 4.81. The number of nitrogens with two attached hydrogens (primary N) is 1. The summed E-state index contributed by atoms with van der Waals surface area (Å²) in [7, 11) is 0. The van der Waals surface area contributed by atoms with Crippen LogP contribution in [0.5, 0.6) is 0 Å². The van der Waals surface area contributed by atoms with E-state index in [1.165, 1.54) is 12.2 Å². The molecule has 0 aliphatic carbocycles. The van der Waals surface area contributed by atoms with Gasteiger partial charge < -0.3 is 11.1 Å². The van der Waals surface area contributed by atoms with Crippen LogP contribution in [0.1, 0.15) is 26.2 Å². The molecule has 76 valence electrons. The average molecular weight is 202 g/mol. The first kappa shape index (κ1) is 10.9. The Hall–Kier alpha value is -0.220. The minimum Gasteiger partial charge on any atom is -0.352 e. The molecule has 1 rings (SSSR count). The lowest BCUT2D eigenvalue weighted by Gasteiger charge is -2.22. The summed E-state index contributed by atoms with van der Waals surface area (Å²) >= 11 is 1.92. The summed E-state index contributed by atoms with van der Waals surface area (Å²) < 4.78 is 0. The molecule has 1 saturated heterocycles. The summed E-state index contributed by atoms with van der Waals surface area (Å²) in [5, 5.41) is 3.01. The van der Waals surface area contributed by atoms with Crippen LogP contribution in [0.3, 0.4) is 0 Å². The first-order valence-corrected chi connectivity index (χ1v) is 5.96. The molecule has 4 heteroatoms. The Labute approximate surface area is 83.8 Å². The lowest BCUT2D eigenvalue weighted by atomic mass is 10.1. The SMILES string of the molecule is CC(N)CC(=O)NC1CCCSC1. The Morgan fingerprint density at radius 3 is 3.08 bits per heavy atom. The van der Waals surface area contributed by atoms with Gasteiger partial charge in [0.25, 0.3) is 0 Å². The van der Waals surface area contributed by atoms with Gasteiger partial charge in [0, 0.05) is 24.3 Å². The lowest BCUT2D eigenvalue weighted by molar-refractivity contribution is -0.121. The predicted molar refractivity (Wildman–Crippen MR) is 56.8 cm³/mol. The van der Waals surface area contributed by atoms with Gasteiger partial charge in [0.15, 0.2) is 0 Å². The van der Waals surface area contributed by atoms with Crippen molar-refractivity contribution in [3.63, 3.8) is 0 Å². The summed E-state index contributed by atoms with van der Waals surface area (Å²) in [5.41, 5.74) is 5.53. The quantitative estimate of drug-likeness (QED) is 0.709. The predicted octanol–water partition coefficient (Wildman–Crippen LogP) is 0.735. The number of rotatable bonds is 3. The average Bonchev–Trinajstić information content (AvgIpc) is 2.04. The van der Waals surface area contributed by atoms with E-state index in [1.807, 2.05) is 18.7 Å². The van der Waals surface area contributed by atoms with Crippen molar-refractivity contribution < 1.29 is 4.79 Å². The van der Waals surface area contributed by atoms with Gasteiger partial charge in [-0.25, -0.2) is 0 Å². The molecular weight excluding hydrogens is 184 g/mol. The van der Waals surface area contributed by atoms with Gasteiger partial charge in [0.1, 0.15) is 0 Å². The maximum absolute atomic E-state index is 11.3. The largest absolute Gasteiger partial charge is 0.352 e. The highest BCUT2D eigenvalue weighted by Crippen LogP contribution is 2.16. The summed E-state index contributed by atoms with van der Waals surface area (Å²) in [4.78, 5) is 11.3. The molecule has 3 nitrogen and oxygen atoms in total. The van der Waals surface area contributed by atoms with Crippen LogP contribution in [0, 0.1) is 0 Å². The summed E-state index contributed by atoms with van der Waals surface area (Å²) in [5.74, 6) is 2.40. The Balaban J connectivity index is 2.18. The van der Waals surface area contributed by atoms with E-state index in [-0.39, 0.29) is 11.9 Å². The van der Waals surface area contributed by atoms with Crippen molar-refractivity contribution >= 4 is 17.7 Å². The van der Waals surface area contributed by atoms with Crippen LogP contribution in [-0.2, 0) is 4.79 Å². The summed E-state index contributed by atoms with van der Waals surface area (Å²) in [6, 6.07) is 0.348. The van der Waals surface area contributed by atoms with E-state index in [1.54, 1.807) is 0 Å². The molecule has 2 atom stereocenters. The van der Waals surface area contributed by atoms with E-state index in [9.17, 15) is 4.79 Å². The Morgan fingerprint density at radius 2 is 2.54 bits per heavy atom. The first-order valence-electron chi connectivity index (χ1n) is 4.81. The van der Waals surface area contributed by atoms with Crippen molar-refractivity contribution in [3.8, 4) is 0 Å². The second kappa shape index (κ2) is 5.50. The molecular formula is C9H18N2OS. The van der Waals surface area contributed by atoms with Crippen molar-refractivity contribution in [3.05, 3.63) is 0 Å². The molecule has 0 saturated carbocycles. The second-order valence-electron chi connectivity index (χ2n) is 3.66. The molecule has 1 aliphatic rings. The molecule has 1 aliphatic heterocycles. The van der Waals surface area contributed by atoms with Crippen molar-refractivity contribution in [1.82, 2.24) is 5.32 Å². The van der Waals surface area contributed by atoms with Gasteiger partial charge in [-0.05, 0) is 25.5 Å². The topological polar surface area (TPSA) is 55.1 Å². The highest BCUT2D eigenvalue weighted by Gasteiger charge is 2.16. The van der Waals surface area contributed by atoms with E-state index in [2.05, 4.69) is 5.32 Å². The number of amides is 1. The van der Waals surface area contributed by atoms with E-state index < -0.39 is 0 Å². The number of hydrogen-bond donors (Lipinski definition) is 2. The molecule has 1 amide bonds. The standard InChI is InChI=1S/C9H18N2OS/c1-7(10)5-9(12)11-8-3-2-4-13-6-8/h7-8H,2-6,10H2,1H3,(H,11,12). The number of carbonyl (C=O) groups excluding carboxylic acids is 1. The van der Waals surface area contributed by atoms with Gasteiger partial charge >= 0.3 is 0 Å². The highest BCUT2D eigenvalue weighted by molar-refractivity contribution is 7.99. The molecule has 0 radical (unpaired) electrons. The molecule has 1 heterocycles. The highest BCUT2D eigenvalue weighted by atomic mass is 32.2. The maximum atomic E-state index is 11.3. The fourth-order valence-electron chi connectivity index (χ4n) is 1.43. The molecule has 0 aromatic rings. The third-order valence-corrected chi connectivity index (χ3v) is 3.25. The zero-order valence-corrected chi connectivity index (χ0v) is 8.90. The zero-order chi connectivity index (χ0) is 9.68. The van der Waals surface area contributed by atoms with Crippen molar-refractivity contribution in [2.24, 2.45) is 5.73 Å². The molecule has 0 aromatic carbocycles. The molecule has 0 bridgehead atoms. The molecule has 13 heavy (non-hydrogen) atoms. The van der Waals surface area contributed by atoms with Gasteiger partial charge in [0.05, 0.1) is 0 Å². The van der Waals surface area contributed by atoms with Crippen molar-refractivity contribution in [2.75, 3.05) is 11.5 Å². The third kappa shape index (κ3) is 4.52. The van der Waals surface area contributed by atoms with E-state index in [0.717, 1.165) is 12.2 Å². The fourth-order valence-corrected chi connectivity index (χ4v) is 2.51. The van der Waals surface area contributed by atoms with E-state index in [4.69, 9.17) is 5.73 Å². The normalized spacial score (nSPS) is 25.2. The van der Waals surface area contributed by atoms with Gasteiger partial charge in [-0.2, -0.15) is 11.8 Å². The molecule has 0 aromatic heterocycles. The molecule has 3 N–H and O–H groups in total. The number of thioether (sulfide) groups is 1. The first-order chi connectivity index (χ1) is 6.18. The van der Waals surface area contributed by atoms with Crippen LogP contribution < -0.4 is 11.1 Å². The number of carbonyl (C=O) groups is 1. The monoisotopic (exact) mass is 202 g/mol. The lowest BCUT2D eigenvalue weighted by Crippen LogP contribution is -2.40. The molecule has 1 fully saturated rings. The van der Waals surface area contributed by atoms with Gasteiger partial charge in [0.2, 0.25) is 5.91 Å². The third-order valence-electron chi connectivity index (χ3n) is 2.03. The Morgan fingerprint density at radius 1 is 1.77 bits per heavy atom. The van der Waals surface area contributed by atoms with E-state index >= 15 is 0 Å². The number of nitrogens with one attached hydrogen (secondary N) is 1. The van der Waals surface area contributed by atoms with Crippen LogP contribution in [0.4, 0.5) is 0 Å². The Bertz CT molecular complexity index is 167. The Kier molecular flexibility index (Phi) is 4.59. The van der Waals surface area contributed by atoms with Crippen LogP contribution in [0.15, 0.2) is 0 Å². The van der Waals surface area contributed by atoms with Crippen LogP contribution in [0.2, 0.25) is 0 Å². The van der Waals surface area contributed by atoms with Crippen molar-refractivity contribution in [2.45, 2.75) is 38.3 Å². The smallest absolute Gasteiger partial charge is 0.221 e. The zero-order valence-electron chi connectivity index (χ0n) is 8.08. The fraction of sp³-hybridized carbons (Fsp3) is 0.889. The minimum absolute atomic E-state index is 0.0313. The van der Waals surface area contributed by atoms with Gasteiger partial charge in [-0.3, -0.25) is 4.79 Å². The van der Waals surface area contributed by atoms with Crippen LogP contribution in [-0.4, -0.2) is 29.5 Å². The van der Waals surface area contributed by atoms with Crippen LogP contribution >= 0.6 is 11.8 Å². The minimum atomic E-state index is -0.0313.